The van der Waals surface area contributed by atoms with Gasteiger partial charge in [0.1, 0.15) is 0 Å². The Morgan fingerprint density at radius 2 is 1.77 bits per heavy atom. The third-order valence-electron chi connectivity index (χ3n) is 7.42. The zero-order valence-corrected chi connectivity index (χ0v) is 26.7. The Kier molecular flexibility index (Phi) is 8.17. The number of amides is 1. The van der Waals surface area contributed by atoms with Gasteiger partial charge in [-0.1, -0.05) is 43.7 Å². The van der Waals surface area contributed by atoms with E-state index in [1.807, 2.05) is 44.5 Å². The molecule has 1 aliphatic rings. The molecule has 6 rings (SSSR count). The molecule has 0 saturated carbocycles. The molecule has 0 radical (unpaired) electrons. The van der Waals surface area contributed by atoms with E-state index in [1.165, 1.54) is 22.9 Å². The monoisotopic (exact) mass is 620 g/mol. The molecule has 1 amide bonds. The molecule has 3 aromatic heterocycles. The van der Waals surface area contributed by atoms with E-state index in [0.717, 1.165) is 12.5 Å². The smallest absolute Gasteiger partial charge is 0.283 e. The zero-order valence-electron chi connectivity index (χ0n) is 25.8. The van der Waals surface area contributed by atoms with Gasteiger partial charge >= 0.3 is 0 Å². The molecule has 0 saturated heterocycles. The van der Waals surface area contributed by atoms with E-state index in [4.69, 9.17) is 4.98 Å². The van der Waals surface area contributed by atoms with Gasteiger partial charge in [-0.2, -0.15) is 13.4 Å². The van der Waals surface area contributed by atoms with Crippen LogP contribution in [0.5, 0.6) is 0 Å². The molecule has 0 unspecified atom stereocenters. The van der Waals surface area contributed by atoms with Crippen molar-refractivity contribution in [3.05, 3.63) is 87.1 Å². The molecular weight excluding hydrogens is 580 g/mol. The number of imidazole rings is 1. The highest BCUT2D eigenvalue weighted by Gasteiger charge is 2.27. The fourth-order valence-corrected chi connectivity index (χ4v) is 6.59. The van der Waals surface area contributed by atoms with Crippen LogP contribution in [0.4, 0.5) is 11.6 Å². The Labute approximate surface area is 258 Å². The summed E-state index contributed by atoms with van der Waals surface area (Å²) in [6, 6.07) is 9.60. The van der Waals surface area contributed by atoms with Crippen LogP contribution in [0, 0.1) is 13.8 Å². The number of aromatic nitrogens is 5. The van der Waals surface area contributed by atoms with Crippen molar-refractivity contribution in [1.29, 1.82) is 0 Å². The summed E-state index contributed by atoms with van der Waals surface area (Å²) in [4.78, 5) is 40.7. The fraction of sp³-hybridized carbons (Fsp3) is 0.323. The van der Waals surface area contributed by atoms with Gasteiger partial charge in [0.05, 0.1) is 22.6 Å². The molecule has 0 aliphatic carbocycles. The summed E-state index contributed by atoms with van der Waals surface area (Å²) in [6.07, 6.45) is 4.69. The number of fused-ring (bicyclic) bond motifs is 3. The van der Waals surface area contributed by atoms with Crippen molar-refractivity contribution in [3.8, 4) is 0 Å². The molecule has 2 N–H and O–H groups in total. The number of carbonyl (C=O) groups is 1. The van der Waals surface area contributed by atoms with E-state index in [9.17, 15) is 18.0 Å². The van der Waals surface area contributed by atoms with Gasteiger partial charge in [-0.15, -0.1) is 0 Å². The number of hydrogen-bond donors (Lipinski definition) is 2. The summed E-state index contributed by atoms with van der Waals surface area (Å²) in [5.41, 5.74) is 5.66. The van der Waals surface area contributed by atoms with E-state index in [1.54, 1.807) is 28.4 Å². The SMILES string of the molecule is CC.CC(=O)NS(=O)(=O)c1nc2nccn2cc1N[C@H](C)c1cc(C)cc2c(=O)n(C)c(N3Cc4ccc(C)cc4C3)nc12.[HH].[HH]. The highest BCUT2D eigenvalue weighted by molar-refractivity contribution is 7.90. The average Bonchev–Trinajstić information content (AvgIpc) is 3.61. The number of sulfonamides is 1. The lowest BCUT2D eigenvalue weighted by Crippen LogP contribution is -2.30. The van der Waals surface area contributed by atoms with Gasteiger partial charge in [-0.05, 0) is 43.5 Å². The topological polar surface area (TPSA) is 144 Å². The van der Waals surface area contributed by atoms with Crippen LogP contribution < -0.4 is 20.5 Å². The number of anilines is 2. The maximum Gasteiger partial charge on any atom is 0.283 e. The standard InChI is InChI=1S/C29H30N8O4S.C2H6.2H2/c1-16-6-7-20-13-37(14-21(20)10-16)29-32-25-22(11-17(2)12-23(25)27(39)35(29)5)18(3)31-24-15-36-9-8-30-28(36)33-26(24)42(40,41)34-19(4)38;1-2;;/h6-12,15,18,31H,13-14H2,1-5H3,(H,34,38);1-2H3;2*1H/t18-;;;/m1.../s1. The minimum Gasteiger partial charge on any atom is -0.375 e. The Bertz CT molecular complexity index is 2100. The third-order valence-corrected chi connectivity index (χ3v) is 8.79. The van der Waals surface area contributed by atoms with Gasteiger partial charge in [-0.25, -0.2) is 14.7 Å². The predicted molar refractivity (Wildman–Crippen MR) is 174 cm³/mol. The molecule has 4 heterocycles. The van der Waals surface area contributed by atoms with Gasteiger partial charge in [0.25, 0.3) is 15.6 Å². The lowest BCUT2D eigenvalue weighted by atomic mass is 10.0. The van der Waals surface area contributed by atoms with Crippen LogP contribution in [-0.2, 0) is 35.0 Å². The van der Waals surface area contributed by atoms with Gasteiger partial charge < -0.3 is 10.2 Å². The molecule has 5 aromatic rings. The number of benzene rings is 2. The summed E-state index contributed by atoms with van der Waals surface area (Å²) in [7, 11) is -2.57. The molecule has 1 atom stereocenters. The summed E-state index contributed by atoms with van der Waals surface area (Å²) in [5, 5.41) is 3.35. The number of nitrogens with zero attached hydrogens (tertiary/aromatic N) is 6. The summed E-state index contributed by atoms with van der Waals surface area (Å²) < 4.78 is 31.3. The van der Waals surface area contributed by atoms with E-state index in [-0.39, 0.29) is 24.9 Å². The molecule has 234 valence electrons. The van der Waals surface area contributed by atoms with Crippen LogP contribution in [0.15, 0.2) is 58.7 Å². The minimum absolute atomic E-state index is 0. The van der Waals surface area contributed by atoms with E-state index in [2.05, 4.69) is 45.3 Å². The van der Waals surface area contributed by atoms with Crippen LogP contribution in [0.3, 0.4) is 0 Å². The van der Waals surface area contributed by atoms with Crippen LogP contribution in [0.2, 0.25) is 0 Å². The number of aryl methyl sites for hydroxylation is 2. The second kappa shape index (κ2) is 11.7. The van der Waals surface area contributed by atoms with E-state index in [0.29, 0.717) is 35.5 Å². The highest BCUT2D eigenvalue weighted by atomic mass is 32.2. The minimum atomic E-state index is -4.30. The van der Waals surface area contributed by atoms with E-state index < -0.39 is 22.0 Å². The Balaban J connectivity index is 0.00000141. The maximum atomic E-state index is 13.7. The number of nitrogens with one attached hydrogen (secondary N) is 2. The van der Waals surface area contributed by atoms with Crippen LogP contribution in [0.1, 0.15) is 64.4 Å². The van der Waals surface area contributed by atoms with Crippen LogP contribution in [0.25, 0.3) is 16.7 Å². The van der Waals surface area contributed by atoms with Crippen molar-refractivity contribution in [3.63, 3.8) is 0 Å². The first-order valence-electron chi connectivity index (χ1n) is 14.4. The van der Waals surface area contributed by atoms with Crippen LogP contribution in [-0.4, -0.2) is 38.2 Å². The molecule has 12 nitrogen and oxygen atoms in total. The third kappa shape index (κ3) is 5.62. The fourth-order valence-electron chi connectivity index (χ4n) is 5.51. The number of carbonyl (C=O) groups excluding carboxylic acids is 1. The first kappa shape index (κ1) is 30.7. The molecule has 0 fully saturated rings. The second-order valence-electron chi connectivity index (χ2n) is 10.8. The summed E-state index contributed by atoms with van der Waals surface area (Å²) in [5.74, 6) is -0.0284. The average molecular weight is 621 g/mol. The Morgan fingerprint density at radius 3 is 2.50 bits per heavy atom. The molecule has 13 heteroatoms. The van der Waals surface area contributed by atoms with Crippen molar-refractivity contribution in [2.75, 3.05) is 10.2 Å². The zero-order chi connectivity index (χ0) is 31.9. The van der Waals surface area contributed by atoms with Gasteiger partial charge in [-0.3, -0.25) is 18.6 Å². The van der Waals surface area contributed by atoms with Crippen molar-refractivity contribution in [2.24, 2.45) is 7.05 Å². The highest BCUT2D eigenvalue weighted by Crippen LogP contribution is 2.32. The van der Waals surface area contributed by atoms with Crippen molar-refractivity contribution in [1.82, 2.24) is 28.6 Å². The second-order valence-corrected chi connectivity index (χ2v) is 12.4. The number of rotatable bonds is 6. The molecule has 0 spiro atoms. The van der Waals surface area contributed by atoms with Crippen molar-refractivity contribution >= 4 is 44.2 Å². The first-order chi connectivity index (χ1) is 20.9. The first-order valence-corrected chi connectivity index (χ1v) is 15.9. The van der Waals surface area contributed by atoms with E-state index >= 15 is 0 Å². The normalized spacial score (nSPS) is 13.4. The van der Waals surface area contributed by atoms with Gasteiger partial charge in [0.2, 0.25) is 22.7 Å². The largest absolute Gasteiger partial charge is 0.375 e. The summed E-state index contributed by atoms with van der Waals surface area (Å²) in [6.45, 7) is 12.2. The van der Waals surface area contributed by atoms with Crippen LogP contribution >= 0.6 is 0 Å². The van der Waals surface area contributed by atoms with Gasteiger partial charge in [0, 0.05) is 54.1 Å². The maximum absolute atomic E-state index is 13.7. The molecular formula is C31H40N8O4S. The molecule has 0 bridgehead atoms. The van der Waals surface area contributed by atoms with Gasteiger partial charge in [0.15, 0.2) is 0 Å². The van der Waals surface area contributed by atoms with Crippen molar-refractivity contribution in [2.45, 2.75) is 65.7 Å². The molecule has 44 heavy (non-hydrogen) atoms. The lowest BCUT2D eigenvalue weighted by molar-refractivity contribution is -0.117. The predicted octanol–water partition coefficient (Wildman–Crippen LogP) is 4.63. The summed E-state index contributed by atoms with van der Waals surface area (Å²) >= 11 is 0. The Morgan fingerprint density at radius 1 is 1.05 bits per heavy atom. The Hall–Kier alpha value is -4.78. The van der Waals surface area contributed by atoms with Crippen molar-refractivity contribution < 1.29 is 16.1 Å². The number of hydrogen-bond acceptors (Lipinski definition) is 9. The molecule has 2 aromatic carbocycles. The molecule has 1 aliphatic heterocycles. The lowest BCUT2D eigenvalue weighted by Gasteiger charge is -2.23. The quantitative estimate of drug-likeness (QED) is 0.260.